The minimum absolute atomic E-state index is 0.196. The van der Waals surface area contributed by atoms with Gasteiger partial charge in [0.05, 0.1) is 19.2 Å². The quantitative estimate of drug-likeness (QED) is 0.576. The lowest BCUT2D eigenvalue weighted by Gasteiger charge is -2.10. The molecule has 0 amide bonds. The van der Waals surface area contributed by atoms with Crippen LogP contribution < -0.4 is 4.74 Å². The lowest BCUT2D eigenvalue weighted by molar-refractivity contribution is -0.140. The number of fused-ring (bicyclic) bond motifs is 1. The second-order valence-corrected chi connectivity index (χ2v) is 5.38. The molecule has 0 unspecified atom stereocenters. The van der Waals surface area contributed by atoms with Gasteiger partial charge in [-0.05, 0) is 49.6 Å². The van der Waals surface area contributed by atoms with Crippen molar-refractivity contribution in [2.45, 2.75) is 39.5 Å². The van der Waals surface area contributed by atoms with Gasteiger partial charge in [0.1, 0.15) is 5.75 Å². The average Bonchev–Trinajstić information content (AvgIpc) is 2.52. The Morgan fingerprint density at radius 1 is 1.27 bits per heavy atom. The Balaban J connectivity index is 2.27. The van der Waals surface area contributed by atoms with Crippen molar-refractivity contribution in [3.8, 4) is 5.75 Å². The lowest BCUT2D eigenvalue weighted by atomic mass is 10.0. The highest BCUT2D eigenvalue weighted by atomic mass is 16.5. The molecule has 4 heteroatoms. The standard InChI is InChI=1S/C18H23NO3/c1-4-5-10-22-15-7-8-17-16(12-15)14(11-13(2)19-17)6-9-18(20)21-3/h7-8,11-12H,4-6,9-10H2,1-3H3. The maximum absolute atomic E-state index is 11.4. The van der Waals surface area contributed by atoms with E-state index in [1.54, 1.807) is 0 Å². The minimum atomic E-state index is -0.196. The van der Waals surface area contributed by atoms with Gasteiger partial charge in [-0.15, -0.1) is 0 Å². The fraction of sp³-hybridized carbons (Fsp3) is 0.444. The molecular weight excluding hydrogens is 278 g/mol. The summed E-state index contributed by atoms with van der Waals surface area (Å²) in [4.78, 5) is 15.9. The maximum Gasteiger partial charge on any atom is 0.305 e. The SMILES string of the molecule is CCCCOc1ccc2nc(C)cc(CCC(=O)OC)c2c1. The summed E-state index contributed by atoms with van der Waals surface area (Å²) in [6.45, 7) is 4.83. The maximum atomic E-state index is 11.4. The Morgan fingerprint density at radius 2 is 2.09 bits per heavy atom. The van der Waals surface area contributed by atoms with Crippen molar-refractivity contribution < 1.29 is 14.3 Å². The summed E-state index contributed by atoms with van der Waals surface area (Å²) in [7, 11) is 1.41. The molecule has 0 saturated heterocycles. The number of methoxy groups -OCH3 is 1. The Kier molecular flexibility index (Phi) is 5.75. The van der Waals surface area contributed by atoms with Crippen molar-refractivity contribution in [2.24, 2.45) is 0 Å². The van der Waals surface area contributed by atoms with Crippen LogP contribution in [0.3, 0.4) is 0 Å². The number of aryl methyl sites for hydroxylation is 2. The van der Waals surface area contributed by atoms with E-state index in [1.807, 2.05) is 31.2 Å². The van der Waals surface area contributed by atoms with Gasteiger partial charge in [0.25, 0.3) is 0 Å². The van der Waals surface area contributed by atoms with E-state index in [0.29, 0.717) is 12.8 Å². The molecule has 0 atom stereocenters. The van der Waals surface area contributed by atoms with Crippen molar-refractivity contribution >= 4 is 16.9 Å². The number of esters is 1. The zero-order valence-electron chi connectivity index (χ0n) is 13.5. The summed E-state index contributed by atoms with van der Waals surface area (Å²) < 4.78 is 10.5. The number of benzene rings is 1. The van der Waals surface area contributed by atoms with Gasteiger partial charge in [-0.1, -0.05) is 13.3 Å². The van der Waals surface area contributed by atoms with Gasteiger partial charge in [0.15, 0.2) is 0 Å². The van der Waals surface area contributed by atoms with Crippen molar-refractivity contribution in [2.75, 3.05) is 13.7 Å². The Hall–Kier alpha value is -2.10. The molecule has 0 saturated carbocycles. The number of carbonyl (C=O) groups is 1. The van der Waals surface area contributed by atoms with Gasteiger partial charge in [-0.2, -0.15) is 0 Å². The van der Waals surface area contributed by atoms with Crippen LogP contribution in [0.2, 0.25) is 0 Å². The van der Waals surface area contributed by atoms with E-state index in [1.165, 1.54) is 7.11 Å². The first-order chi connectivity index (χ1) is 10.6. The van der Waals surface area contributed by atoms with Gasteiger partial charge >= 0.3 is 5.97 Å². The summed E-state index contributed by atoms with van der Waals surface area (Å²) in [5.74, 6) is 0.656. The van der Waals surface area contributed by atoms with Crippen molar-refractivity contribution in [3.05, 3.63) is 35.5 Å². The van der Waals surface area contributed by atoms with Gasteiger partial charge in [0.2, 0.25) is 0 Å². The number of ether oxygens (including phenoxy) is 2. The molecule has 0 spiro atoms. The molecule has 1 aromatic carbocycles. The average molecular weight is 301 g/mol. The van der Waals surface area contributed by atoms with Crippen LogP contribution in [0.15, 0.2) is 24.3 Å². The monoisotopic (exact) mass is 301 g/mol. The molecular formula is C18H23NO3. The summed E-state index contributed by atoms with van der Waals surface area (Å²) in [6.07, 6.45) is 3.17. The Morgan fingerprint density at radius 3 is 2.82 bits per heavy atom. The Bertz CT molecular complexity index is 652. The zero-order chi connectivity index (χ0) is 15.9. The van der Waals surface area contributed by atoms with E-state index in [-0.39, 0.29) is 5.97 Å². The molecule has 0 fully saturated rings. The van der Waals surface area contributed by atoms with Gasteiger partial charge in [-0.3, -0.25) is 9.78 Å². The molecule has 0 bridgehead atoms. The van der Waals surface area contributed by atoms with Crippen LogP contribution in [0.25, 0.3) is 10.9 Å². The topological polar surface area (TPSA) is 48.4 Å². The highest BCUT2D eigenvalue weighted by molar-refractivity contribution is 5.84. The van der Waals surface area contributed by atoms with Crippen LogP contribution in [0.1, 0.15) is 37.4 Å². The van der Waals surface area contributed by atoms with Crippen LogP contribution in [0.5, 0.6) is 5.75 Å². The van der Waals surface area contributed by atoms with Gasteiger partial charge in [0, 0.05) is 17.5 Å². The first-order valence-electron chi connectivity index (χ1n) is 7.74. The lowest BCUT2D eigenvalue weighted by Crippen LogP contribution is -2.03. The number of rotatable bonds is 7. The number of aromatic nitrogens is 1. The first kappa shape index (κ1) is 16.3. The number of carbonyl (C=O) groups excluding carboxylic acids is 1. The van der Waals surface area contributed by atoms with E-state index in [9.17, 15) is 4.79 Å². The number of hydrogen-bond donors (Lipinski definition) is 0. The van der Waals surface area contributed by atoms with E-state index >= 15 is 0 Å². The fourth-order valence-corrected chi connectivity index (χ4v) is 2.39. The molecule has 0 aliphatic heterocycles. The third kappa shape index (κ3) is 4.20. The first-order valence-corrected chi connectivity index (χ1v) is 7.74. The second kappa shape index (κ2) is 7.78. The third-order valence-corrected chi connectivity index (χ3v) is 3.59. The second-order valence-electron chi connectivity index (χ2n) is 5.38. The van der Waals surface area contributed by atoms with E-state index in [0.717, 1.165) is 47.4 Å². The molecule has 0 aliphatic carbocycles. The smallest absolute Gasteiger partial charge is 0.305 e. The molecule has 1 heterocycles. The predicted molar refractivity (Wildman–Crippen MR) is 87.2 cm³/mol. The zero-order valence-corrected chi connectivity index (χ0v) is 13.5. The van der Waals surface area contributed by atoms with E-state index in [4.69, 9.17) is 9.47 Å². The molecule has 22 heavy (non-hydrogen) atoms. The molecule has 0 aliphatic rings. The third-order valence-electron chi connectivity index (χ3n) is 3.59. The molecule has 0 radical (unpaired) electrons. The van der Waals surface area contributed by atoms with Crippen LogP contribution in [-0.4, -0.2) is 24.7 Å². The van der Waals surface area contributed by atoms with Gasteiger partial charge in [-0.25, -0.2) is 0 Å². The van der Waals surface area contributed by atoms with E-state index in [2.05, 4.69) is 11.9 Å². The minimum Gasteiger partial charge on any atom is -0.494 e. The molecule has 4 nitrogen and oxygen atoms in total. The van der Waals surface area contributed by atoms with Crippen molar-refractivity contribution in [1.29, 1.82) is 0 Å². The Labute approximate surface area is 131 Å². The van der Waals surface area contributed by atoms with Crippen molar-refractivity contribution in [1.82, 2.24) is 4.98 Å². The number of hydrogen-bond acceptors (Lipinski definition) is 4. The molecule has 118 valence electrons. The largest absolute Gasteiger partial charge is 0.494 e. The molecule has 1 aromatic heterocycles. The summed E-state index contributed by atoms with van der Waals surface area (Å²) in [5.41, 5.74) is 2.99. The number of pyridine rings is 1. The highest BCUT2D eigenvalue weighted by Gasteiger charge is 2.08. The number of unbranched alkanes of at least 4 members (excludes halogenated alkanes) is 1. The highest BCUT2D eigenvalue weighted by Crippen LogP contribution is 2.25. The summed E-state index contributed by atoms with van der Waals surface area (Å²) in [5, 5.41) is 1.04. The normalized spacial score (nSPS) is 10.7. The van der Waals surface area contributed by atoms with Crippen LogP contribution in [-0.2, 0) is 16.0 Å². The van der Waals surface area contributed by atoms with E-state index < -0.39 is 0 Å². The van der Waals surface area contributed by atoms with Crippen LogP contribution in [0.4, 0.5) is 0 Å². The molecule has 0 N–H and O–H groups in total. The predicted octanol–water partition coefficient (Wildman–Crippen LogP) is 3.83. The van der Waals surface area contributed by atoms with Crippen LogP contribution >= 0.6 is 0 Å². The summed E-state index contributed by atoms with van der Waals surface area (Å²) >= 11 is 0. The molecule has 2 rings (SSSR count). The van der Waals surface area contributed by atoms with Crippen LogP contribution in [0, 0.1) is 6.92 Å². The van der Waals surface area contributed by atoms with Crippen molar-refractivity contribution in [3.63, 3.8) is 0 Å². The summed E-state index contributed by atoms with van der Waals surface area (Å²) in [6, 6.07) is 7.98. The number of nitrogens with zero attached hydrogens (tertiary/aromatic N) is 1. The van der Waals surface area contributed by atoms with Gasteiger partial charge < -0.3 is 9.47 Å². The molecule has 2 aromatic rings. The fourth-order valence-electron chi connectivity index (χ4n) is 2.39.